The summed E-state index contributed by atoms with van der Waals surface area (Å²) in [5.74, 6) is -1.26. The van der Waals surface area contributed by atoms with Crippen molar-refractivity contribution in [3.8, 4) is 11.1 Å². The second-order valence-corrected chi connectivity index (χ2v) is 10.5. The van der Waals surface area contributed by atoms with Crippen molar-refractivity contribution in [3.05, 3.63) is 83.3 Å². The molecule has 9 heteroatoms. The smallest absolute Gasteiger partial charge is 0.329 e. The van der Waals surface area contributed by atoms with Gasteiger partial charge in [-0.3, -0.25) is 0 Å². The maximum absolute atomic E-state index is 13.9. The molecule has 1 aromatic heterocycles. The molecule has 1 aliphatic rings. The highest BCUT2D eigenvalue weighted by molar-refractivity contribution is 7.89. The summed E-state index contributed by atoms with van der Waals surface area (Å²) in [6, 6.07) is 14.6. The number of hydrogen-bond donors (Lipinski definition) is 2. The molecule has 7 nitrogen and oxygen atoms in total. The Bertz CT molecular complexity index is 1330. The van der Waals surface area contributed by atoms with E-state index in [1.807, 2.05) is 12.1 Å². The van der Waals surface area contributed by atoms with E-state index in [1.54, 1.807) is 6.07 Å². The molecule has 184 valence electrons. The number of carboxylic acid groups (broad SMARTS) is 1. The van der Waals surface area contributed by atoms with E-state index < -0.39 is 40.6 Å². The summed E-state index contributed by atoms with van der Waals surface area (Å²) in [5.41, 5.74) is 3.94. The topological polar surface area (TPSA) is 106 Å². The molecule has 0 fully saturated rings. The highest BCUT2D eigenvalue weighted by Gasteiger charge is 2.32. The van der Waals surface area contributed by atoms with Gasteiger partial charge in [0, 0.05) is 17.8 Å². The van der Waals surface area contributed by atoms with Crippen molar-refractivity contribution in [2.24, 2.45) is 0 Å². The van der Waals surface area contributed by atoms with Crippen LogP contribution < -0.4 is 4.72 Å². The van der Waals surface area contributed by atoms with Gasteiger partial charge in [-0.1, -0.05) is 44.2 Å². The number of fused-ring (bicyclic) bond motifs is 1. The summed E-state index contributed by atoms with van der Waals surface area (Å²) in [6.45, 7) is 3.70. The molecule has 2 atom stereocenters. The van der Waals surface area contributed by atoms with Crippen LogP contribution in [0.15, 0.2) is 65.8 Å². The summed E-state index contributed by atoms with van der Waals surface area (Å²) in [7, 11) is -3.97. The van der Waals surface area contributed by atoms with Gasteiger partial charge in [-0.05, 0) is 65.3 Å². The molecule has 0 spiro atoms. The average Bonchev–Trinajstić information content (AvgIpc) is 2.83. The zero-order valence-corrected chi connectivity index (χ0v) is 20.3. The van der Waals surface area contributed by atoms with E-state index in [9.17, 15) is 17.6 Å². The number of carboxylic acids is 1. The van der Waals surface area contributed by atoms with Crippen LogP contribution in [0.1, 0.15) is 61.4 Å². The molecule has 0 aliphatic heterocycles. The van der Waals surface area contributed by atoms with Gasteiger partial charge in [-0.2, -0.15) is 0 Å². The normalized spacial score (nSPS) is 17.8. The maximum Gasteiger partial charge on any atom is 0.329 e. The molecule has 2 N–H and O–H groups in total. The molecular weight excluding hydrogens is 471 g/mol. The molecule has 2 aromatic carbocycles. The number of nitrogens with one attached hydrogen (secondary N) is 1. The van der Waals surface area contributed by atoms with Crippen LogP contribution in [0.2, 0.25) is 0 Å². The van der Waals surface area contributed by atoms with E-state index in [0.717, 1.165) is 11.1 Å². The van der Waals surface area contributed by atoms with Crippen molar-refractivity contribution in [2.45, 2.75) is 49.8 Å². The molecule has 1 heterocycles. The van der Waals surface area contributed by atoms with Crippen LogP contribution in [0.3, 0.4) is 0 Å². The van der Waals surface area contributed by atoms with Gasteiger partial charge in [-0.15, -0.1) is 0 Å². The summed E-state index contributed by atoms with van der Waals surface area (Å²) in [5, 5.41) is 8.79. The van der Waals surface area contributed by atoms with Crippen LogP contribution in [-0.4, -0.2) is 31.1 Å². The number of sulfonamides is 1. The van der Waals surface area contributed by atoms with Crippen LogP contribution in [0.25, 0.3) is 11.1 Å². The van der Waals surface area contributed by atoms with Gasteiger partial charge in [0.25, 0.3) is 10.0 Å². The van der Waals surface area contributed by atoms with Gasteiger partial charge in [-0.25, -0.2) is 27.3 Å². The lowest BCUT2D eigenvalue weighted by atomic mass is 9.86. The monoisotopic (exact) mass is 498 g/mol. The number of benzene rings is 2. The second-order valence-electron chi connectivity index (χ2n) is 8.88. The molecule has 0 saturated carbocycles. The largest absolute Gasteiger partial charge is 0.480 e. The SMILES string of the molecule is CC(C)c1cccc(-c2ccc(S(=O)(=O)NC3CCC(OCC(=O)O)c4cc(F)ccc43)nc2)c1. The van der Waals surface area contributed by atoms with Crippen LogP contribution in [0, 0.1) is 5.82 Å². The van der Waals surface area contributed by atoms with Crippen LogP contribution in [0.4, 0.5) is 4.39 Å². The second kappa shape index (κ2) is 10.2. The number of ether oxygens (including phenoxy) is 1. The van der Waals surface area contributed by atoms with E-state index in [2.05, 4.69) is 35.7 Å². The molecule has 3 aromatic rings. The van der Waals surface area contributed by atoms with E-state index in [-0.39, 0.29) is 5.03 Å². The summed E-state index contributed by atoms with van der Waals surface area (Å²) >= 11 is 0. The Hall–Kier alpha value is -3.14. The first-order chi connectivity index (χ1) is 16.6. The van der Waals surface area contributed by atoms with Crippen LogP contribution in [0.5, 0.6) is 0 Å². The van der Waals surface area contributed by atoms with E-state index in [4.69, 9.17) is 9.84 Å². The zero-order chi connectivity index (χ0) is 25.2. The fourth-order valence-electron chi connectivity index (χ4n) is 4.27. The highest BCUT2D eigenvalue weighted by Crippen LogP contribution is 2.39. The van der Waals surface area contributed by atoms with Crippen molar-refractivity contribution >= 4 is 16.0 Å². The number of hydrogen-bond acceptors (Lipinski definition) is 5. The Balaban J connectivity index is 1.55. The minimum Gasteiger partial charge on any atom is -0.480 e. The van der Waals surface area contributed by atoms with Crippen LogP contribution in [-0.2, 0) is 19.6 Å². The first-order valence-corrected chi connectivity index (χ1v) is 12.8. The quantitative estimate of drug-likeness (QED) is 0.454. The van der Waals surface area contributed by atoms with E-state index >= 15 is 0 Å². The van der Waals surface area contributed by atoms with Crippen molar-refractivity contribution < 1.29 is 27.4 Å². The van der Waals surface area contributed by atoms with Crippen molar-refractivity contribution in [3.63, 3.8) is 0 Å². The van der Waals surface area contributed by atoms with Gasteiger partial charge in [0.15, 0.2) is 5.03 Å². The predicted molar refractivity (Wildman–Crippen MR) is 129 cm³/mol. The molecular formula is C26H27FN2O5S. The lowest BCUT2D eigenvalue weighted by Crippen LogP contribution is -2.33. The minimum absolute atomic E-state index is 0.117. The Morgan fingerprint density at radius 1 is 1.11 bits per heavy atom. The molecule has 0 bridgehead atoms. The zero-order valence-electron chi connectivity index (χ0n) is 19.4. The molecule has 0 radical (unpaired) electrons. The van der Waals surface area contributed by atoms with Crippen molar-refractivity contribution in [1.29, 1.82) is 0 Å². The number of halogens is 1. The third kappa shape index (κ3) is 5.75. The molecule has 35 heavy (non-hydrogen) atoms. The Kier molecular flexibility index (Phi) is 7.30. The summed E-state index contributed by atoms with van der Waals surface area (Å²) < 4.78 is 48.2. The minimum atomic E-state index is -3.97. The van der Waals surface area contributed by atoms with Gasteiger partial charge in [0.1, 0.15) is 12.4 Å². The van der Waals surface area contributed by atoms with Gasteiger partial charge < -0.3 is 9.84 Å². The number of pyridine rings is 1. The average molecular weight is 499 g/mol. The van der Waals surface area contributed by atoms with E-state index in [1.165, 1.54) is 36.0 Å². The fourth-order valence-corrected chi connectivity index (χ4v) is 5.45. The summed E-state index contributed by atoms with van der Waals surface area (Å²) in [6.07, 6.45) is 1.61. The fraction of sp³-hybridized carbons (Fsp3) is 0.308. The molecule has 4 rings (SSSR count). The third-order valence-electron chi connectivity index (χ3n) is 6.09. The lowest BCUT2D eigenvalue weighted by molar-refractivity contribution is -0.144. The number of rotatable bonds is 8. The van der Waals surface area contributed by atoms with Gasteiger partial charge in [0.2, 0.25) is 0 Å². The van der Waals surface area contributed by atoms with Crippen LogP contribution >= 0.6 is 0 Å². The van der Waals surface area contributed by atoms with E-state index in [0.29, 0.717) is 29.9 Å². The molecule has 2 unspecified atom stereocenters. The Morgan fingerprint density at radius 3 is 2.60 bits per heavy atom. The first-order valence-electron chi connectivity index (χ1n) is 11.4. The number of carbonyl (C=O) groups is 1. The Labute approximate surface area is 204 Å². The summed E-state index contributed by atoms with van der Waals surface area (Å²) in [4.78, 5) is 15.1. The number of nitrogens with zero attached hydrogens (tertiary/aromatic N) is 1. The number of aliphatic carboxylic acids is 1. The number of aromatic nitrogens is 1. The maximum atomic E-state index is 13.9. The predicted octanol–water partition coefficient (Wildman–Crippen LogP) is 4.97. The third-order valence-corrected chi connectivity index (χ3v) is 7.48. The molecule has 0 amide bonds. The van der Waals surface area contributed by atoms with Crippen molar-refractivity contribution in [2.75, 3.05) is 6.61 Å². The standard InChI is InChI=1S/C26H27FN2O5S/c1-16(2)17-4-3-5-18(12-17)19-6-11-25(28-14-19)35(32,33)29-23-9-10-24(34-15-26(30)31)22-13-20(27)7-8-21(22)23/h3-8,11-14,16,23-24,29H,9-10,15H2,1-2H3,(H,30,31). The molecule has 1 aliphatic carbocycles. The molecule has 0 saturated heterocycles. The first kappa shape index (κ1) is 25.0. The van der Waals surface area contributed by atoms with Crippen molar-refractivity contribution in [1.82, 2.24) is 9.71 Å². The lowest BCUT2D eigenvalue weighted by Gasteiger charge is -2.31. The Morgan fingerprint density at radius 2 is 1.91 bits per heavy atom. The highest BCUT2D eigenvalue weighted by atomic mass is 32.2. The van der Waals surface area contributed by atoms with Gasteiger partial charge >= 0.3 is 5.97 Å². The van der Waals surface area contributed by atoms with Gasteiger partial charge in [0.05, 0.1) is 6.10 Å².